The Morgan fingerprint density at radius 3 is 1.12 bits per heavy atom. The number of ether oxygens (including phenoxy) is 13. The normalized spacial score (nSPS) is 12.0. The molecule has 0 bridgehead atoms. The van der Waals surface area contributed by atoms with Crippen molar-refractivity contribution in [1.82, 2.24) is 5.32 Å². The van der Waals surface area contributed by atoms with Gasteiger partial charge in [0.15, 0.2) is 0 Å². The maximum absolute atomic E-state index is 11.6. The Morgan fingerprint density at radius 2 is 0.788 bits per heavy atom. The molecule has 1 amide bonds. The van der Waals surface area contributed by atoms with Gasteiger partial charge in [-0.25, -0.2) is 4.79 Å². The predicted molar refractivity (Wildman–Crippen MR) is 194 cm³/mol. The lowest BCUT2D eigenvalue weighted by Gasteiger charge is -2.10. The van der Waals surface area contributed by atoms with Gasteiger partial charge in [0.2, 0.25) is 0 Å². The van der Waals surface area contributed by atoms with Crippen molar-refractivity contribution < 1.29 is 66.4 Å². The van der Waals surface area contributed by atoms with Crippen LogP contribution in [0.25, 0.3) is 0 Å². The molecule has 0 saturated heterocycles. The van der Waals surface area contributed by atoms with Crippen molar-refractivity contribution in [2.45, 2.75) is 26.9 Å². The van der Waals surface area contributed by atoms with Crippen molar-refractivity contribution >= 4 is 6.09 Å². The molecule has 0 aliphatic rings. The molecule has 0 aliphatic heterocycles. The lowest BCUT2D eigenvalue weighted by atomic mass is 10.1. The number of benzene rings is 1. The molecule has 0 spiro atoms. The first kappa shape index (κ1) is 48.0. The summed E-state index contributed by atoms with van der Waals surface area (Å²) < 4.78 is 70.9. The molecule has 15 heteroatoms. The maximum atomic E-state index is 11.6. The number of carbonyl (C=O) groups excluding carboxylic acids is 1. The van der Waals surface area contributed by atoms with E-state index in [1.54, 1.807) is 0 Å². The number of nitrogens with one attached hydrogen (secondary N) is 1. The molecule has 52 heavy (non-hydrogen) atoms. The van der Waals surface area contributed by atoms with E-state index in [0.717, 1.165) is 18.6 Å². The summed E-state index contributed by atoms with van der Waals surface area (Å²) in [7, 11) is 0. The molecule has 304 valence electrons. The molecular formula is C37H67NO14. The molecule has 0 fully saturated rings. The molecule has 0 aromatic heterocycles. The largest absolute Gasteiger partial charge is 0.445 e. The molecule has 1 aromatic rings. The molecular weight excluding hydrogens is 682 g/mol. The van der Waals surface area contributed by atoms with E-state index >= 15 is 0 Å². The fraction of sp³-hybridized carbons (Fsp3) is 0.811. The summed E-state index contributed by atoms with van der Waals surface area (Å²) in [5.74, 6) is 0.592. The second-order valence-electron chi connectivity index (χ2n) is 11.3. The predicted octanol–water partition coefficient (Wildman–Crippen LogP) is 3.16. The van der Waals surface area contributed by atoms with Crippen LogP contribution in [0.1, 0.15) is 25.8 Å². The minimum absolute atomic E-state index is 0.237. The van der Waals surface area contributed by atoms with Crippen molar-refractivity contribution in [1.29, 1.82) is 0 Å². The Balaban J connectivity index is 1.63. The summed E-state index contributed by atoms with van der Waals surface area (Å²) in [4.78, 5) is 11.6. The highest BCUT2D eigenvalue weighted by Crippen LogP contribution is 2.01. The van der Waals surface area contributed by atoms with Gasteiger partial charge in [-0.2, -0.15) is 0 Å². The molecule has 1 N–H and O–H groups in total. The van der Waals surface area contributed by atoms with E-state index in [1.807, 2.05) is 30.3 Å². The van der Waals surface area contributed by atoms with E-state index in [1.165, 1.54) is 0 Å². The topological polar surface area (TPSA) is 149 Å². The van der Waals surface area contributed by atoms with Gasteiger partial charge in [-0.05, 0) is 11.5 Å². The molecule has 1 aromatic carbocycles. The van der Waals surface area contributed by atoms with Crippen LogP contribution in [0, 0.1) is 5.92 Å². The quantitative estimate of drug-likeness (QED) is 0.0978. The fourth-order valence-corrected chi connectivity index (χ4v) is 3.82. The highest BCUT2D eigenvalue weighted by molar-refractivity contribution is 5.67. The lowest BCUT2D eigenvalue weighted by Crippen LogP contribution is -2.28. The van der Waals surface area contributed by atoms with E-state index in [2.05, 4.69) is 19.2 Å². The Bertz CT molecular complexity index is 857. The standard InChI is InChI=1S/C37H67NO14/c1-3-35(2)33-51-32-31-50-30-29-49-28-27-48-26-25-47-24-23-46-22-21-45-20-19-44-18-17-43-16-15-42-14-13-41-12-11-40-10-9-38-37(39)52-34-36-7-5-4-6-8-36/h4-8,35H,3,9-34H2,1-2H3,(H,38,39). The third-order valence-corrected chi connectivity index (χ3v) is 6.92. The van der Waals surface area contributed by atoms with Gasteiger partial charge < -0.3 is 66.9 Å². The summed E-state index contributed by atoms with van der Waals surface area (Å²) in [6, 6.07) is 9.51. The first-order valence-electron chi connectivity index (χ1n) is 18.6. The monoisotopic (exact) mass is 749 g/mol. The SMILES string of the molecule is CCC(C)COCCOCCOCCOCCOCCOCCOCCOCCOCCOCCOCCOCCNC(=O)OCc1ccccc1. The van der Waals surface area contributed by atoms with Crippen LogP contribution in [0.15, 0.2) is 30.3 Å². The third-order valence-electron chi connectivity index (χ3n) is 6.92. The zero-order chi connectivity index (χ0) is 37.3. The average Bonchev–Trinajstić information content (AvgIpc) is 3.16. The van der Waals surface area contributed by atoms with E-state index in [-0.39, 0.29) is 6.61 Å². The first-order chi connectivity index (χ1) is 25.7. The van der Waals surface area contributed by atoms with Crippen LogP contribution in [-0.4, -0.2) is 171 Å². The lowest BCUT2D eigenvalue weighted by molar-refractivity contribution is -0.0285. The maximum Gasteiger partial charge on any atom is 0.407 e. The Morgan fingerprint density at radius 1 is 0.481 bits per heavy atom. The van der Waals surface area contributed by atoms with Crippen LogP contribution >= 0.6 is 0 Å². The Hall–Kier alpha value is -1.99. The second-order valence-corrected chi connectivity index (χ2v) is 11.3. The van der Waals surface area contributed by atoms with Crippen molar-refractivity contribution in [2.75, 3.05) is 165 Å². The van der Waals surface area contributed by atoms with Crippen molar-refractivity contribution in [3.63, 3.8) is 0 Å². The highest BCUT2D eigenvalue weighted by atomic mass is 16.6. The van der Waals surface area contributed by atoms with Crippen LogP contribution in [0.4, 0.5) is 4.79 Å². The summed E-state index contributed by atoms with van der Waals surface area (Å²) in [5.41, 5.74) is 0.937. The second kappa shape index (κ2) is 40.2. The number of hydrogen-bond donors (Lipinski definition) is 1. The van der Waals surface area contributed by atoms with Gasteiger partial charge >= 0.3 is 6.09 Å². The van der Waals surface area contributed by atoms with Crippen LogP contribution in [0.3, 0.4) is 0 Å². The van der Waals surface area contributed by atoms with E-state index in [4.69, 9.17) is 61.6 Å². The summed E-state index contributed by atoms with van der Waals surface area (Å²) in [6.07, 6.45) is 0.659. The van der Waals surface area contributed by atoms with Gasteiger partial charge in [-0.1, -0.05) is 50.6 Å². The molecule has 1 atom stereocenters. The number of carbonyl (C=O) groups is 1. The number of hydrogen-bond acceptors (Lipinski definition) is 14. The van der Waals surface area contributed by atoms with Crippen LogP contribution in [0.2, 0.25) is 0 Å². The first-order valence-corrected chi connectivity index (χ1v) is 18.6. The van der Waals surface area contributed by atoms with Crippen molar-refractivity contribution in [3.05, 3.63) is 35.9 Å². The number of rotatable bonds is 41. The van der Waals surface area contributed by atoms with Crippen LogP contribution in [-0.2, 0) is 68.2 Å². The van der Waals surface area contributed by atoms with E-state index < -0.39 is 6.09 Å². The van der Waals surface area contributed by atoms with Crippen molar-refractivity contribution in [2.24, 2.45) is 5.92 Å². The minimum atomic E-state index is -0.469. The third kappa shape index (κ3) is 36.4. The molecule has 15 nitrogen and oxygen atoms in total. The number of amides is 1. The van der Waals surface area contributed by atoms with Gasteiger partial charge in [0, 0.05) is 13.2 Å². The summed E-state index contributed by atoms with van der Waals surface area (Å²) >= 11 is 0. The van der Waals surface area contributed by atoms with Gasteiger partial charge in [-0.15, -0.1) is 0 Å². The fourth-order valence-electron chi connectivity index (χ4n) is 3.82. The van der Waals surface area contributed by atoms with Crippen LogP contribution < -0.4 is 5.32 Å². The molecule has 0 aliphatic carbocycles. The van der Waals surface area contributed by atoms with Gasteiger partial charge in [0.1, 0.15) is 6.61 Å². The summed E-state index contributed by atoms with van der Waals surface area (Å²) in [6.45, 7) is 17.3. The van der Waals surface area contributed by atoms with Gasteiger partial charge in [0.25, 0.3) is 0 Å². The molecule has 0 saturated carbocycles. The smallest absolute Gasteiger partial charge is 0.407 e. The van der Waals surface area contributed by atoms with Crippen LogP contribution in [0.5, 0.6) is 0 Å². The van der Waals surface area contributed by atoms with Gasteiger partial charge in [-0.3, -0.25) is 0 Å². The van der Waals surface area contributed by atoms with Gasteiger partial charge in [0.05, 0.1) is 152 Å². The average molecular weight is 750 g/mol. The molecule has 0 heterocycles. The zero-order valence-corrected chi connectivity index (χ0v) is 31.8. The van der Waals surface area contributed by atoms with E-state index in [9.17, 15) is 4.79 Å². The highest BCUT2D eigenvalue weighted by Gasteiger charge is 2.02. The molecule has 1 rings (SSSR count). The number of alkyl carbamates (subject to hydrolysis) is 1. The van der Waals surface area contributed by atoms with Crippen molar-refractivity contribution in [3.8, 4) is 0 Å². The Labute approximate surface area is 311 Å². The van der Waals surface area contributed by atoms with E-state index in [0.29, 0.717) is 164 Å². The Kier molecular flexibility index (Phi) is 37.1. The molecule has 1 unspecified atom stereocenters. The minimum Gasteiger partial charge on any atom is -0.445 e. The summed E-state index contributed by atoms with van der Waals surface area (Å²) in [5, 5.41) is 2.64. The zero-order valence-electron chi connectivity index (χ0n) is 31.8. The molecule has 0 radical (unpaired) electrons.